The quantitative estimate of drug-likeness (QED) is 0.857. The highest BCUT2D eigenvalue weighted by Crippen LogP contribution is 2.32. The Morgan fingerprint density at radius 2 is 2.28 bits per heavy atom. The molecule has 1 aliphatic carbocycles. The van der Waals surface area contributed by atoms with Crippen molar-refractivity contribution in [1.29, 1.82) is 0 Å². The van der Waals surface area contributed by atoms with Crippen molar-refractivity contribution < 1.29 is 4.79 Å². The number of nitrogen functional groups attached to an aromatic ring is 1. The average Bonchev–Trinajstić information content (AvgIpc) is 3.06. The molecule has 100 valence electrons. The zero-order valence-electron chi connectivity index (χ0n) is 11.1. The zero-order valence-corrected chi connectivity index (χ0v) is 11.9. The Hall–Kier alpha value is -1.30. The molecule has 6 heteroatoms. The highest BCUT2D eigenvalue weighted by molar-refractivity contribution is 7.18. The monoisotopic (exact) mass is 268 g/mol. The van der Waals surface area contributed by atoms with Gasteiger partial charge in [-0.1, -0.05) is 11.3 Å². The second-order valence-corrected chi connectivity index (χ2v) is 5.98. The van der Waals surface area contributed by atoms with E-state index in [9.17, 15) is 4.79 Å². The van der Waals surface area contributed by atoms with Gasteiger partial charge in [0, 0.05) is 19.6 Å². The van der Waals surface area contributed by atoms with Crippen molar-refractivity contribution >= 4 is 28.2 Å². The summed E-state index contributed by atoms with van der Waals surface area (Å²) in [5.41, 5.74) is 5.81. The third-order valence-corrected chi connectivity index (χ3v) is 4.17. The first kappa shape index (κ1) is 13.1. The van der Waals surface area contributed by atoms with Crippen molar-refractivity contribution in [3.8, 4) is 0 Å². The first-order valence-corrected chi connectivity index (χ1v) is 7.09. The number of thiazole rings is 1. The number of amides is 1. The standard InChI is InChI=1S/C12H20N4OS/c1-7(2)16(6-8-4-5-8)11(17)9-10(13)15-12(14-3)18-9/h7-8H,4-6,13H2,1-3H3,(H,14,15). The normalized spacial score (nSPS) is 14.9. The fraction of sp³-hybridized carbons (Fsp3) is 0.667. The van der Waals surface area contributed by atoms with Gasteiger partial charge in [0.15, 0.2) is 5.13 Å². The predicted molar refractivity (Wildman–Crippen MR) is 75.0 cm³/mol. The molecule has 0 atom stereocenters. The largest absolute Gasteiger partial charge is 0.382 e. The molecule has 1 saturated carbocycles. The number of hydrogen-bond donors (Lipinski definition) is 2. The Morgan fingerprint density at radius 3 is 2.72 bits per heavy atom. The van der Waals surface area contributed by atoms with Crippen molar-refractivity contribution in [2.75, 3.05) is 24.6 Å². The SMILES string of the molecule is CNc1nc(N)c(C(=O)N(CC2CC2)C(C)C)s1. The molecule has 0 radical (unpaired) electrons. The van der Waals surface area contributed by atoms with E-state index in [4.69, 9.17) is 5.73 Å². The van der Waals surface area contributed by atoms with Gasteiger partial charge >= 0.3 is 0 Å². The lowest BCUT2D eigenvalue weighted by Crippen LogP contribution is -2.38. The molecule has 5 nitrogen and oxygen atoms in total. The summed E-state index contributed by atoms with van der Waals surface area (Å²) in [5, 5.41) is 3.61. The Kier molecular flexibility index (Phi) is 3.75. The maximum Gasteiger partial charge on any atom is 0.268 e. The maximum atomic E-state index is 12.5. The molecule has 0 spiro atoms. The molecule has 2 rings (SSSR count). The molecule has 18 heavy (non-hydrogen) atoms. The van der Waals surface area contributed by atoms with E-state index in [0.29, 0.717) is 21.7 Å². The molecule has 1 amide bonds. The van der Waals surface area contributed by atoms with Crippen molar-refractivity contribution in [2.24, 2.45) is 5.92 Å². The van der Waals surface area contributed by atoms with Gasteiger partial charge in [-0.05, 0) is 32.6 Å². The number of nitrogens with zero attached hydrogens (tertiary/aromatic N) is 2. The predicted octanol–water partition coefficient (Wildman–Crippen LogP) is 2.03. The van der Waals surface area contributed by atoms with Crippen LogP contribution >= 0.6 is 11.3 Å². The van der Waals surface area contributed by atoms with Crippen LogP contribution in [-0.4, -0.2) is 35.4 Å². The lowest BCUT2D eigenvalue weighted by molar-refractivity contribution is 0.0702. The number of rotatable bonds is 5. The van der Waals surface area contributed by atoms with Gasteiger partial charge in [-0.25, -0.2) is 4.98 Å². The van der Waals surface area contributed by atoms with Crippen molar-refractivity contribution in [1.82, 2.24) is 9.88 Å². The number of anilines is 2. The topological polar surface area (TPSA) is 71.2 Å². The molecular formula is C12H20N4OS. The number of hydrogen-bond acceptors (Lipinski definition) is 5. The molecule has 1 aromatic rings. The minimum Gasteiger partial charge on any atom is -0.382 e. The van der Waals surface area contributed by atoms with E-state index in [1.807, 2.05) is 18.7 Å². The Bertz CT molecular complexity index is 439. The second-order valence-electron chi connectivity index (χ2n) is 4.98. The molecule has 3 N–H and O–H groups in total. The van der Waals surface area contributed by atoms with Crippen LogP contribution in [0.1, 0.15) is 36.4 Å². The van der Waals surface area contributed by atoms with Crippen molar-refractivity contribution in [3.05, 3.63) is 4.88 Å². The van der Waals surface area contributed by atoms with E-state index < -0.39 is 0 Å². The van der Waals surface area contributed by atoms with Gasteiger partial charge in [-0.15, -0.1) is 0 Å². The number of nitrogens with two attached hydrogens (primary N) is 1. The van der Waals surface area contributed by atoms with E-state index in [-0.39, 0.29) is 11.9 Å². The summed E-state index contributed by atoms with van der Waals surface area (Å²) in [6, 6.07) is 0.192. The fourth-order valence-electron chi connectivity index (χ4n) is 1.83. The van der Waals surface area contributed by atoms with E-state index >= 15 is 0 Å². The van der Waals surface area contributed by atoms with Crippen LogP contribution in [0.4, 0.5) is 10.9 Å². The van der Waals surface area contributed by atoms with Gasteiger partial charge in [0.2, 0.25) is 0 Å². The van der Waals surface area contributed by atoms with Gasteiger partial charge in [0.1, 0.15) is 10.7 Å². The Balaban J connectivity index is 2.17. The highest BCUT2D eigenvalue weighted by atomic mass is 32.1. The van der Waals surface area contributed by atoms with Gasteiger partial charge < -0.3 is 16.0 Å². The van der Waals surface area contributed by atoms with Crippen LogP contribution in [0.15, 0.2) is 0 Å². The van der Waals surface area contributed by atoms with Gasteiger partial charge in [-0.2, -0.15) is 0 Å². The zero-order chi connectivity index (χ0) is 13.3. The summed E-state index contributed by atoms with van der Waals surface area (Å²) < 4.78 is 0. The van der Waals surface area contributed by atoms with Crippen LogP contribution in [0.2, 0.25) is 0 Å². The number of aromatic nitrogens is 1. The molecule has 1 aromatic heterocycles. The molecule has 0 bridgehead atoms. The molecule has 1 heterocycles. The molecule has 1 aliphatic rings. The molecule has 0 aliphatic heterocycles. The molecule has 0 saturated heterocycles. The number of carbonyl (C=O) groups excluding carboxylic acids is 1. The maximum absolute atomic E-state index is 12.5. The van der Waals surface area contributed by atoms with Gasteiger partial charge in [0.25, 0.3) is 5.91 Å². The minimum atomic E-state index is 0.00778. The van der Waals surface area contributed by atoms with Crippen LogP contribution < -0.4 is 11.1 Å². The van der Waals surface area contributed by atoms with Crippen LogP contribution in [-0.2, 0) is 0 Å². The molecule has 0 aromatic carbocycles. The molecular weight excluding hydrogens is 248 g/mol. The van der Waals surface area contributed by atoms with E-state index in [0.717, 1.165) is 6.54 Å². The van der Waals surface area contributed by atoms with Gasteiger partial charge in [-0.3, -0.25) is 4.79 Å². The fourth-order valence-corrected chi connectivity index (χ4v) is 2.62. The lowest BCUT2D eigenvalue weighted by Gasteiger charge is -2.26. The third-order valence-electron chi connectivity index (χ3n) is 3.10. The van der Waals surface area contributed by atoms with Crippen LogP contribution in [0.25, 0.3) is 0 Å². The van der Waals surface area contributed by atoms with Crippen LogP contribution in [0.3, 0.4) is 0 Å². The molecule has 0 unspecified atom stereocenters. The first-order valence-electron chi connectivity index (χ1n) is 6.28. The minimum absolute atomic E-state index is 0.00778. The Labute approximate surface area is 111 Å². The number of carbonyl (C=O) groups is 1. The first-order chi connectivity index (χ1) is 8.52. The average molecular weight is 268 g/mol. The number of nitrogens with one attached hydrogen (secondary N) is 1. The summed E-state index contributed by atoms with van der Waals surface area (Å²) in [7, 11) is 1.77. The third kappa shape index (κ3) is 2.75. The van der Waals surface area contributed by atoms with Gasteiger partial charge in [0.05, 0.1) is 0 Å². The summed E-state index contributed by atoms with van der Waals surface area (Å²) in [6.45, 7) is 4.91. The van der Waals surface area contributed by atoms with Crippen LogP contribution in [0, 0.1) is 5.92 Å². The summed E-state index contributed by atoms with van der Waals surface area (Å²) in [6.07, 6.45) is 2.47. The molecule has 1 fully saturated rings. The summed E-state index contributed by atoms with van der Waals surface area (Å²) in [5.74, 6) is 1.01. The van der Waals surface area contributed by atoms with E-state index in [1.54, 1.807) is 7.05 Å². The summed E-state index contributed by atoms with van der Waals surface area (Å²) >= 11 is 1.32. The Morgan fingerprint density at radius 1 is 1.61 bits per heavy atom. The van der Waals surface area contributed by atoms with Crippen LogP contribution in [0.5, 0.6) is 0 Å². The van der Waals surface area contributed by atoms with E-state index in [2.05, 4.69) is 10.3 Å². The second kappa shape index (κ2) is 5.14. The van der Waals surface area contributed by atoms with Crippen molar-refractivity contribution in [3.63, 3.8) is 0 Å². The summed E-state index contributed by atoms with van der Waals surface area (Å²) in [4.78, 5) is 19.1. The lowest BCUT2D eigenvalue weighted by atomic mass is 10.2. The van der Waals surface area contributed by atoms with E-state index in [1.165, 1.54) is 24.2 Å². The van der Waals surface area contributed by atoms with Crippen molar-refractivity contribution in [2.45, 2.75) is 32.7 Å². The smallest absolute Gasteiger partial charge is 0.268 e. The highest BCUT2D eigenvalue weighted by Gasteiger charge is 2.30.